The Balaban J connectivity index is 1.77. The molecule has 0 amide bonds. The van der Waals surface area contributed by atoms with E-state index in [2.05, 4.69) is 58.9 Å². The molecule has 0 saturated carbocycles. The number of benzene rings is 2. The van der Waals surface area contributed by atoms with Gasteiger partial charge in [-0.3, -0.25) is 0 Å². The summed E-state index contributed by atoms with van der Waals surface area (Å²) in [5.74, 6) is 0. The summed E-state index contributed by atoms with van der Waals surface area (Å²) < 4.78 is 28.1. The maximum absolute atomic E-state index is 12.8. The predicted molar refractivity (Wildman–Crippen MR) is 101 cm³/mol. The summed E-state index contributed by atoms with van der Waals surface area (Å²) in [7, 11) is -3.44. The molecule has 1 fully saturated rings. The largest absolute Gasteiger partial charge is 0.366 e. The van der Waals surface area contributed by atoms with Crippen LogP contribution in [0, 0.1) is 6.92 Å². The summed E-state index contributed by atoms with van der Waals surface area (Å²) in [5, 5.41) is 0. The first-order valence-corrected chi connectivity index (χ1v) is 10.2. The van der Waals surface area contributed by atoms with Crippen LogP contribution in [0.15, 0.2) is 57.9 Å². The van der Waals surface area contributed by atoms with E-state index in [-0.39, 0.29) is 6.04 Å². The van der Waals surface area contributed by atoms with Gasteiger partial charge in [0, 0.05) is 35.8 Å². The molecule has 0 N–H and O–H groups in total. The monoisotopic (exact) mass is 408 g/mol. The molecule has 1 unspecified atom stereocenters. The molecular weight excluding hydrogens is 388 g/mol. The lowest BCUT2D eigenvalue weighted by Crippen LogP contribution is -2.53. The highest BCUT2D eigenvalue weighted by molar-refractivity contribution is 9.10. The number of halogens is 1. The van der Waals surface area contributed by atoms with E-state index in [0.29, 0.717) is 24.5 Å². The normalized spacial score (nSPS) is 19.5. The molecule has 0 radical (unpaired) electrons. The Morgan fingerprint density at radius 3 is 2.21 bits per heavy atom. The minimum Gasteiger partial charge on any atom is -0.366 e. The second-order valence-electron chi connectivity index (χ2n) is 6.19. The van der Waals surface area contributed by atoms with Gasteiger partial charge < -0.3 is 4.90 Å². The minimum absolute atomic E-state index is 0.131. The Hall–Kier alpha value is -1.37. The third-order valence-corrected chi connectivity index (χ3v) is 6.82. The highest BCUT2D eigenvalue weighted by atomic mass is 79.9. The van der Waals surface area contributed by atoms with Gasteiger partial charge in [-0.05, 0) is 50.2 Å². The molecule has 24 heavy (non-hydrogen) atoms. The molecule has 2 aromatic carbocycles. The maximum atomic E-state index is 12.8. The molecule has 128 valence electrons. The van der Waals surface area contributed by atoms with E-state index in [9.17, 15) is 8.42 Å². The van der Waals surface area contributed by atoms with E-state index in [1.54, 1.807) is 28.6 Å². The zero-order valence-corrected chi connectivity index (χ0v) is 16.2. The van der Waals surface area contributed by atoms with Gasteiger partial charge in [0.1, 0.15) is 0 Å². The Morgan fingerprint density at radius 1 is 1.00 bits per heavy atom. The lowest BCUT2D eigenvalue weighted by molar-refractivity contribution is 0.342. The van der Waals surface area contributed by atoms with E-state index in [0.717, 1.165) is 10.2 Å². The van der Waals surface area contributed by atoms with Gasteiger partial charge in [-0.2, -0.15) is 4.31 Å². The predicted octanol–water partition coefficient (Wildman–Crippen LogP) is 3.66. The Bertz CT molecular complexity index is 804. The smallest absolute Gasteiger partial charge is 0.243 e. The summed E-state index contributed by atoms with van der Waals surface area (Å²) in [6.07, 6.45) is 0. The van der Waals surface area contributed by atoms with Gasteiger partial charge in [-0.15, -0.1) is 0 Å². The van der Waals surface area contributed by atoms with Gasteiger partial charge in [-0.1, -0.05) is 33.6 Å². The molecule has 2 aromatic rings. The van der Waals surface area contributed by atoms with Gasteiger partial charge >= 0.3 is 0 Å². The van der Waals surface area contributed by atoms with Crippen molar-refractivity contribution in [3.05, 3.63) is 58.6 Å². The van der Waals surface area contributed by atoms with Crippen LogP contribution in [0.25, 0.3) is 0 Å². The number of rotatable bonds is 3. The molecule has 1 heterocycles. The van der Waals surface area contributed by atoms with E-state index < -0.39 is 10.0 Å². The van der Waals surface area contributed by atoms with Gasteiger partial charge in [0.2, 0.25) is 10.0 Å². The summed E-state index contributed by atoms with van der Waals surface area (Å²) in [5.41, 5.74) is 2.37. The average molecular weight is 409 g/mol. The van der Waals surface area contributed by atoms with Gasteiger partial charge in [-0.25, -0.2) is 8.42 Å². The van der Waals surface area contributed by atoms with E-state index in [1.165, 1.54) is 5.56 Å². The number of anilines is 1. The molecule has 1 atom stereocenters. The summed E-state index contributed by atoms with van der Waals surface area (Å²) >= 11 is 3.34. The number of piperazine rings is 1. The fourth-order valence-electron chi connectivity index (χ4n) is 3.02. The topological polar surface area (TPSA) is 40.6 Å². The van der Waals surface area contributed by atoms with Crippen molar-refractivity contribution in [2.75, 3.05) is 24.5 Å². The third-order valence-electron chi connectivity index (χ3n) is 4.41. The fourth-order valence-corrected chi connectivity index (χ4v) is 4.79. The summed E-state index contributed by atoms with van der Waals surface area (Å²) in [6, 6.07) is 15.3. The summed E-state index contributed by atoms with van der Waals surface area (Å²) in [6.45, 7) is 5.82. The van der Waals surface area contributed by atoms with E-state index in [4.69, 9.17) is 0 Å². The summed E-state index contributed by atoms with van der Waals surface area (Å²) in [4.78, 5) is 2.62. The highest BCUT2D eigenvalue weighted by Crippen LogP contribution is 2.25. The van der Waals surface area contributed by atoms with Crippen molar-refractivity contribution >= 4 is 31.6 Å². The molecule has 3 rings (SSSR count). The average Bonchev–Trinajstić information content (AvgIpc) is 2.56. The SMILES string of the molecule is Cc1ccc(N2CCN(S(=O)(=O)c3ccc(Br)cc3)CC2C)cc1. The standard InChI is InChI=1S/C18H21BrN2O2S/c1-14-3-7-17(8-4-14)21-12-11-20(13-15(21)2)24(22,23)18-9-5-16(19)6-10-18/h3-10,15H,11-13H2,1-2H3. The van der Waals surface area contributed by atoms with Crippen molar-refractivity contribution in [3.8, 4) is 0 Å². The van der Waals surface area contributed by atoms with Gasteiger partial charge in [0.25, 0.3) is 0 Å². The quantitative estimate of drug-likeness (QED) is 0.777. The van der Waals surface area contributed by atoms with Crippen LogP contribution in [0.3, 0.4) is 0 Å². The van der Waals surface area contributed by atoms with Crippen LogP contribution < -0.4 is 4.90 Å². The molecule has 4 nitrogen and oxygen atoms in total. The van der Waals surface area contributed by atoms with Crippen LogP contribution in [0.1, 0.15) is 12.5 Å². The molecule has 0 aromatic heterocycles. The number of nitrogens with zero attached hydrogens (tertiary/aromatic N) is 2. The highest BCUT2D eigenvalue weighted by Gasteiger charge is 2.32. The van der Waals surface area contributed by atoms with Crippen LogP contribution in [0.5, 0.6) is 0 Å². The van der Waals surface area contributed by atoms with Crippen LogP contribution >= 0.6 is 15.9 Å². The zero-order valence-electron chi connectivity index (χ0n) is 13.8. The molecule has 6 heteroatoms. The van der Waals surface area contributed by atoms with Crippen molar-refractivity contribution in [2.45, 2.75) is 24.8 Å². The van der Waals surface area contributed by atoms with Gasteiger partial charge in [0.15, 0.2) is 0 Å². The van der Waals surface area contributed by atoms with Crippen molar-refractivity contribution in [2.24, 2.45) is 0 Å². The second-order valence-corrected chi connectivity index (χ2v) is 9.05. The first-order chi connectivity index (χ1) is 11.4. The van der Waals surface area contributed by atoms with E-state index in [1.807, 2.05) is 0 Å². The Morgan fingerprint density at radius 2 is 1.62 bits per heavy atom. The van der Waals surface area contributed by atoms with Crippen LogP contribution in [0.4, 0.5) is 5.69 Å². The van der Waals surface area contributed by atoms with Crippen molar-refractivity contribution in [3.63, 3.8) is 0 Å². The molecule has 1 aliphatic heterocycles. The lowest BCUT2D eigenvalue weighted by atomic mass is 10.1. The van der Waals surface area contributed by atoms with Gasteiger partial charge in [0.05, 0.1) is 4.90 Å². The molecule has 0 spiro atoms. The number of hydrogen-bond acceptors (Lipinski definition) is 3. The van der Waals surface area contributed by atoms with E-state index >= 15 is 0 Å². The first kappa shape index (κ1) is 17.5. The number of sulfonamides is 1. The van der Waals surface area contributed by atoms with Crippen LogP contribution in [-0.4, -0.2) is 38.4 Å². The minimum atomic E-state index is -3.44. The van der Waals surface area contributed by atoms with Crippen molar-refractivity contribution in [1.82, 2.24) is 4.31 Å². The Labute approximate surface area is 152 Å². The maximum Gasteiger partial charge on any atom is 0.243 e. The third kappa shape index (κ3) is 3.50. The lowest BCUT2D eigenvalue weighted by Gasteiger charge is -2.40. The first-order valence-electron chi connectivity index (χ1n) is 7.97. The molecular formula is C18H21BrN2O2S. The number of aryl methyl sites for hydroxylation is 1. The van der Waals surface area contributed by atoms with Crippen LogP contribution in [0.2, 0.25) is 0 Å². The zero-order chi connectivity index (χ0) is 17.3. The molecule has 1 aliphatic rings. The second kappa shape index (κ2) is 6.86. The molecule has 0 aliphatic carbocycles. The van der Waals surface area contributed by atoms with Crippen LogP contribution in [-0.2, 0) is 10.0 Å². The molecule has 0 bridgehead atoms. The van der Waals surface area contributed by atoms with Crippen molar-refractivity contribution < 1.29 is 8.42 Å². The van der Waals surface area contributed by atoms with Crippen molar-refractivity contribution in [1.29, 1.82) is 0 Å². The Kier molecular flexibility index (Phi) is 4.99. The number of hydrogen-bond donors (Lipinski definition) is 0. The molecule has 1 saturated heterocycles. The fraction of sp³-hybridized carbons (Fsp3) is 0.333.